The summed E-state index contributed by atoms with van der Waals surface area (Å²) in [4.78, 5) is 20.6. The Morgan fingerprint density at radius 3 is 2.93 bits per heavy atom. The predicted molar refractivity (Wildman–Crippen MR) is 47.7 cm³/mol. The van der Waals surface area contributed by atoms with Crippen LogP contribution in [0.5, 0.6) is 5.75 Å². The highest BCUT2D eigenvalue weighted by molar-refractivity contribution is 5.82. The molecule has 1 aromatic carbocycles. The third kappa shape index (κ3) is 1.22. The number of carbonyl (C=O) groups excluding carboxylic acids is 1. The Kier molecular flexibility index (Phi) is 1.92. The van der Waals surface area contributed by atoms with Crippen molar-refractivity contribution >= 4 is 12.0 Å². The highest BCUT2D eigenvalue weighted by Gasteiger charge is 2.21. The number of ether oxygens (including phenoxy) is 1. The number of nitro groups is 1. The largest absolute Gasteiger partial charge is 0.493 e. The highest BCUT2D eigenvalue weighted by atomic mass is 16.6. The number of hydrogen-bond acceptors (Lipinski definition) is 4. The first-order chi connectivity index (χ1) is 6.72. The van der Waals surface area contributed by atoms with Crippen LogP contribution in [-0.4, -0.2) is 17.8 Å². The van der Waals surface area contributed by atoms with Crippen LogP contribution < -0.4 is 4.74 Å². The summed E-state index contributed by atoms with van der Waals surface area (Å²) in [6, 6.07) is 2.83. The van der Waals surface area contributed by atoms with E-state index in [2.05, 4.69) is 0 Å². The van der Waals surface area contributed by atoms with E-state index in [1.807, 2.05) is 0 Å². The molecule has 0 unspecified atom stereocenters. The molecular weight excluding hydrogens is 186 g/mol. The van der Waals surface area contributed by atoms with Crippen molar-refractivity contribution in [2.75, 3.05) is 6.61 Å². The Hall–Kier alpha value is -1.91. The Labute approximate surface area is 79.4 Å². The number of carbonyl (C=O) groups is 1. The number of aldehydes is 1. The van der Waals surface area contributed by atoms with Gasteiger partial charge in [0.1, 0.15) is 5.75 Å². The van der Waals surface area contributed by atoms with Crippen LogP contribution in [0, 0.1) is 10.1 Å². The maximum Gasteiger partial charge on any atom is 0.280 e. The summed E-state index contributed by atoms with van der Waals surface area (Å²) in [5, 5.41) is 10.6. The molecule has 0 spiro atoms. The number of fused-ring (bicyclic) bond motifs is 1. The number of nitro benzene ring substituents is 1. The minimum absolute atomic E-state index is 0.0654. The van der Waals surface area contributed by atoms with Gasteiger partial charge in [0.05, 0.1) is 17.1 Å². The van der Waals surface area contributed by atoms with Crippen LogP contribution in [0.1, 0.15) is 15.9 Å². The lowest BCUT2D eigenvalue weighted by Gasteiger charge is -2.00. The lowest BCUT2D eigenvalue weighted by Crippen LogP contribution is -1.95. The van der Waals surface area contributed by atoms with Crippen molar-refractivity contribution in [3.8, 4) is 5.75 Å². The fourth-order valence-electron chi connectivity index (χ4n) is 1.48. The summed E-state index contributed by atoms with van der Waals surface area (Å²) in [6.07, 6.45) is 1.13. The van der Waals surface area contributed by atoms with E-state index in [9.17, 15) is 14.9 Å². The number of rotatable bonds is 2. The molecule has 1 aliphatic heterocycles. The zero-order valence-corrected chi connectivity index (χ0v) is 7.23. The topological polar surface area (TPSA) is 69.4 Å². The number of hydrogen-bond donors (Lipinski definition) is 0. The minimum Gasteiger partial charge on any atom is -0.493 e. The first kappa shape index (κ1) is 8.68. The van der Waals surface area contributed by atoms with Gasteiger partial charge in [-0.2, -0.15) is 0 Å². The molecule has 0 atom stereocenters. The van der Waals surface area contributed by atoms with E-state index in [0.29, 0.717) is 25.1 Å². The Morgan fingerprint density at radius 2 is 2.29 bits per heavy atom. The van der Waals surface area contributed by atoms with Gasteiger partial charge in [-0.3, -0.25) is 14.9 Å². The van der Waals surface area contributed by atoms with Gasteiger partial charge in [-0.15, -0.1) is 0 Å². The molecule has 0 saturated carbocycles. The Balaban J connectivity index is 2.59. The van der Waals surface area contributed by atoms with Crippen LogP contribution in [0.2, 0.25) is 0 Å². The zero-order chi connectivity index (χ0) is 10.1. The fraction of sp³-hybridized carbons (Fsp3) is 0.222. The lowest BCUT2D eigenvalue weighted by molar-refractivity contribution is -0.385. The smallest absolute Gasteiger partial charge is 0.280 e. The van der Waals surface area contributed by atoms with Crippen molar-refractivity contribution in [2.24, 2.45) is 0 Å². The van der Waals surface area contributed by atoms with Crippen molar-refractivity contribution in [3.63, 3.8) is 0 Å². The van der Waals surface area contributed by atoms with E-state index in [4.69, 9.17) is 4.74 Å². The monoisotopic (exact) mass is 193 g/mol. The molecule has 72 valence electrons. The zero-order valence-electron chi connectivity index (χ0n) is 7.23. The summed E-state index contributed by atoms with van der Waals surface area (Å²) in [5.74, 6) is 0.581. The van der Waals surface area contributed by atoms with Crippen LogP contribution in [0.3, 0.4) is 0 Å². The van der Waals surface area contributed by atoms with Gasteiger partial charge in [0, 0.05) is 18.1 Å². The van der Waals surface area contributed by atoms with Gasteiger partial charge in [-0.05, 0) is 6.07 Å². The first-order valence-corrected chi connectivity index (χ1v) is 4.11. The van der Waals surface area contributed by atoms with Crippen molar-refractivity contribution < 1.29 is 14.5 Å². The molecule has 0 N–H and O–H groups in total. The van der Waals surface area contributed by atoms with E-state index in [-0.39, 0.29) is 11.3 Å². The molecule has 1 aliphatic rings. The second-order valence-corrected chi connectivity index (χ2v) is 2.99. The second-order valence-electron chi connectivity index (χ2n) is 2.99. The van der Waals surface area contributed by atoms with Crippen molar-refractivity contribution in [3.05, 3.63) is 33.4 Å². The molecule has 0 aliphatic carbocycles. The van der Waals surface area contributed by atoms with Crippen LogP contribution in [0.25, 0.3) is 0 Å². The molecule has 0 bridgehead atoms. The van der Waals surface area contributed by atoms with Gasteiger partial charge in [0.2, 0.25) is 0 Å². The standard InChI is InChI=1S/C9H7NO4/c11-5-7-4-9-6(1-2-14-9)3-8(7)10(12)13/h3-5H,1-2H2. The first-order valence-electron chi connectivity index (χ1n) is 4.11. The quantitative estimate of drug-likeness (QED) is 0.403. The third-order valence-electron chi connectivity index (χ3n) is 2.16. The van der Waals surface area contributed by atoms with E-state index in [1.165, 1.54) is 12.1 Å². The molecular formula is C9H7NO4. The molecule has 0 radical (unpaired) electrons. The molecule has 0 amide bonds. The van der Waals surface area contributed by atoms with Gasteiger partial charge in [0.15, 0.2) is 6.29 Å². The van der Waals surface area contributed by atoms with Gasteiger partial charge in [-0.25, -0.2) is 0 Å². The Morgan fingerprint density at radius 1 is 1.50 bits per heavy atom. The SMILES string of the molecule is O=Cc1cc2c(cc1[N+](=O)[O-])CCO2. The van der Waals surface area contributed by atoms with E-state index < -0.39 is 4.92 Å². The van der Waals surface area contributed by atoms with Crippen LogP contribution in [-0.2, 0) is 6.42 Å². The molecule has 0 aromatic heterocycles. The van der Waals surface area contributed by atoms with Gasteiger partial charge in [0.25, 0.3) is 5.69 Å². The van der Waals surface area contributed by atoms with Crippen molar-refractivity contribution in [1.29, 1.82) is 0 Å². The van der Waals surface area contributed by atoms with Crippen LogP contribution in [0.15, 0.2) is 12.1 Å². The van der Waals surface area contributed by atoms with Crippen molar-refractivity contribution in [2.45, 2.75) is 6.42 Å². The molecule has 5 nitrogen and oxygen atoms in total. The molecule has 2 rings (SSSR count). The fourth-order valence-corrected chi connectivity index (χ4v) is 1.48. The van der Waals surface area contributed by atoms with Gasteiger partial charge < -0.3 is 4.74 Å². The van der Waals surface area contributed by atoms with Gasteiger partial charge >= 0.3 is 0 Å². The molecule has 1 aromatic rings. The molecule has 0 saturated heterocycles. The normalized spacial score (nSPS) is 13.1. The average molecular weight is 193 g/mol. The van der Waals surface area contributed by atoms with Gasteiger partial charge in [-0.1, -0.05) is 0 Å². The highest BCUT2D eigenvalue weighted by Crippen LogP contribution is 2.31. The average Bonchev–Trinajstić information content (AvgIpc) is 2.62. The predicted octanol–water partition coefficient (Wildman–Crippen LogP) is 1.34. The molecule has 14 heavy (non-hydrogen) atoms. The van der Waals surface area contributed by atoms with E-state index in [0.717, 1.165) is 5.56 Å². The summed E-state index contributed by atoms with van der Waals surface area (Å²) < 4.78 is 5.19. The Bertz CT molecular complexity index is 414. The maximum absolute atomic E-state index is 10.6. The summed E-state index contributed by atoms with van der Waals surface area (Å²) >= 11 is 0. The number of nitrogens with zero attached hydrogens (tertiary/aromatic N) is 1. The van der Waals surface area contributed by atoms with E-state index in [1.54, 1.807) is 0 Å². The summed E-state index contributed by atoms with van der Waals surface area (Å²) in [7, 11) is 0. The molecule has 0 fully saturated rings. The number of benzene rings is 1. The van der Waals surface area contributed by atoms with Crippen LogP contribution in [0.4, 0.5) is 5.69 Å². The maximum atomic E-state index is 10.6. The summed E-state index contributed by atoms with van der Waals surface area (Å²) in [5.41, 5.74) is 0.710. The second kappa shape index (κ2) is 3.10. The molecule has 1 heterocycles. The lowest BCUT2D eigenvalue weighted by atomic mass is 10.1. The van der Waals surface area contributed by atoms with Crippen LogP contribution >= 0.6 is 0 Å². The summed E-state index contributed by atoms with van der Waals surface area (Å²) in [6.45, 7) is 0.523. The minimum atomic E-state index is -0.553. The third-order valence-corrected chi connectivity index (χ3v) is 2.16. The van der Waals surface area contributed by atoms with Crippen molar-refractivity contribution in [1.82, 2.24) is 0 Å². The molecule has 5 heteroatoms. The van der Waals surface area contributed by atoms with E-state index >= 15 is 0 Å².